The molecule has 1 aromatic carbocycles. The summed E-state index contributed by atoms with van der Waals surface area (Å²) in [5, 5.41) is 23.6. The minimum Gasteiger partial charge on any atom is -0.377 e. The Kier molecular flexibility index (Phi) is 4.48. The van der Waals surface area contributed by atoms with Gasteiger partial charge in [-0.05, 0) is 25.5 Å². The molecule has 0 fully saturated rings. The normalized spacial score (nSPS) is 17.6. The van der Waals surface area contributed by atoms with Crippen LogP contribution in [0.5, 0.6) is 0 Å². The molecule has 4 nitrogen and oxygen atoms in total. The largest absolute Gasteiger partial charge is 0.377 e. The summed E-state index contributed by atoms with van der Waals surface area (Å²) < 4.78 is 0. The topological polar surface area (TPSA) is 69.6 Å². The molecule has 0 aromatic heterocycles. The van der Waals surface area contributed by atoms with E-state index in [1.165, 1.54) is 6.92 Å². The van der Waals surface area contributed by atoms with Crippen LogP contribution in [0.3, 0.4) is 0 Å². The molecule has 0 saturated heterocycles. The van der Waals surface area contributed by atoms with Gasteiger partial charge in [0.1, 0.15) is 0 Å². The molecule has 3 N–H and O–H groups in total. The summed E-state index contributed by atoms with van der Waals surface area (Å²) in [5.74, 6) is -0.376. The quantitative estimate of drug-likeness (QED) is 0.676. The highest BCUT2D eigenvalue weighted by Crippen LogP contribution is 2.29. The Hall–Kier alpha value is -1.39. The number of benzene rings is 1. The van der Waals surface area contributed by atoms with Crippen molar-refractivity contribution in [2.75, 3.05) is 5.32 Å². The Morgan fingerprint density at radius 1 is 1.22 bits per heavy atom. The van der Waals surface area contributed by atoms with Crippen LogP contribution < -0.4 is 5.32 Å². The number of anilines is 1. The molecule has 0 amide bonds. The van der Waals surface area contributed by atoms with Gasteiger partial charge in [-0.1, -0.05) is 32.0 Å². The van der Waals surface area contributed by atoms with Gasteiger partial charge in [-0.3, -0.25) is 4.79 Å². The van der Waals surface area contributed by atoms with Gasteiger partial charge >= 0.3 is 0 Å². The second kappa shape index (κ2) is 5.50. The Balaban J connectivity index is 3.00. The fourth-order valence-electron chi connectivity index (χ4n) is 2.01. The van der Waals surface area contributed by atoms with Crippen LogP contribution >= 0.6 is 0 Å². The number of rotatable bonds is 6. The van der Waals surface area contributed by atoms with Crippen molar-refractivity contribution in [1.29, 1.82) is 0 Å². The van der Waals surface area contributed by atoms with E-state index in [-0.39, 0.29) is 18.6 Å². The highest BCUT2D eigenvalue weighted by atomic mass is 16.4. The number of Topliss-reactive ketones (excluding diaryl/α,β-unsaturated/α-hetero) is 1. The maximum atomic E-state index is 11.9. The highest BCUT2D eigenvalue weighted by molar-refractivity contribution is 5.88. The smallest absolute Gasteiger partial charge is 0.169 e. The maximum Gasteiger partial charge on any atom is 0.169 e. The van der Waals surface area contributed by atoms with Crippen molar-refractivity contribution in [2.45, 2.75) is 44.9 Å². The summed E-state index contributed by atoms with van der Waals surface area (Å²) >= 11 is 0. The van der Waals surface area contributed by atoms with Crippen LogP contribution in [0.15, 0.2) is 30.3 Å². The van der Waals surface area contributed by atoms with Gasteiger partial charge in [-0.2, -0.15) is 0 Å². The van der Waals surface area contributed by atoms with Crippen molar-refractivity contribution in [1.82, 2.24) is 0 Å². The molecule has 0 aliphatic rings. The lowest BCUT2D eigenvalue weighted by atomic mass is 9.83. The summed E-state index contributed by atoms with van der Waals surface area (Å²) in [6.07, 6.45) is 0.323. The van der Waals surface area contributed by atoms with Crippen molar-refractivity contribution in [2.24, 2.45) is 0 Å². The molecule has 4 heteroatoms. The second-order valence-electron chi connectivity index (χ2n) is 4.55. The van der Waals surface area contributed by atoms with E-state index in [4.69, 9.17) is 0 Å². The van der Waals surface area contributed by atoms with Gasteiger partial charge < -0.3 is 15.5 Å². The number of para-hydroxylation sites is 1. The van der Waals surface area contributed by atoms with Gasteiger partial charge in [-0.15, -0.1) is 0 Å². The van der Waals surface area contributed by atoms with Gasteiger partial charge in [0.15, 0.2) is 17.1 Å². The average molecular weight is 251 g/mol. The lowest BCUT2D eigenvalue weighted by molar-refractivity contribution is -0.164. The van der Waals surface area contributed by atoms with E-state index in [2.05, 4.69) is 5.32 Å². The zero-order valence-electron chi connectivity index (χ0n) is 11.1. The van der Waals surface area contributed by atoms with Crippen LogP contribution in [-0.4, -0.2) is 27.3 Å². The molecule has 0 unspecified atom stereocenters. The van der Waals surface area contributed by atoms with Crippen LogP contribution in [0.4, 0.5) is 5.69 Å². The summed E-state index contributed by atoms with van der Waals surface area (Å²) in [6.45, 7) is 4.76. The van der Waals surface area contributed by atoms with Crippen LogP contribution in [0, 0.1) is 0 Å². The van der Waals surface area contributed by atoms with E-state index in [0.29, 0.717) is 5.69 Å². The van der Waals surface area contributed by atoms with Crippen molar-refractivity contribution < 1.29 is 15.0 Å². The van der Waals surface area contributed by atoms with Gasteiger partial charge in [0.25, 0.3) is 0 Å². The summed E-state index contributed by atoms with van der Waals surface area (Å²) in [6, 6.07) is 9.00. The number of aliphatic hydroxyl groups is 2. The molecular weight excluding hydrogens is 230 g/mol. The number of carbonyl (C=O) groups excluding carboxylic acids is 1. The van der Waals surface area contributed by atoms with E-state index >= 15 is 0 Å². The van der Waals surface area contributed by atoms with Crippen molar-refractivity contribution in [3.05, 3.63) is 30.3 Å². The Bertz CT molecular complexity index is 403. The molecule has 100 valence electrons. The minimum atomic E-state index is -1.79. The van der Waals surface area contributed by atoms with Crippen LogP contribution in [-0.2, 0) is 4.79 Å². The average Bonchev–Trinajstić information content (AvgIpc) is 2.37. The van der Waals surface area contributed by atoms with Crippen LogP contribution in [0.1, 0.15) is 33.6 Å². The first-order valence-corrected chi connectivity index (χ1v) is 6.18. The van der Waals surface area contributed by atoms with E-state index in [0.717, 1.165) is 0 Å². The van der Waals surface area contributed by atoms with E-state index in [1.54, 1.807) is 26.0 Å². The number of ketones is 1. The molecule has 0 aliphatic heterocycles. The molecule has 0 aliphatic carbocycles. The molecule has 2 atom stereocenters. The molecule has 0 radical (unpaired) electrons. The monoisotopic (exact) mass is 251 g/mol. The van der Waals surface area contributed by atoms with Gasteiger partial charge in [0.2, 0.25) is 0 Å². The SMILES string of the molecule is CCC(=O)[C@@](O)(CC)[C@@](C)(O)Nc1ccccc1. The lowest BCUT2D eigenvalue weighted by Gasteiger charge is -2.40. The third-order valence-electron chi connectivity index (χ3n) is 3.26. The van der Waals surface area contributed by atoms with E-state index < -0.39 is 11.3 Å². The van der Waals surface area contributed by atoms with Gasteiger partial charge in [-0.25, -0.2) is 0 Å². The number of hydrogen-bond acceptors (Lipinski definition) is 4. The maximum absolute atomic E-state index is 11.9. The first-order chi connectivity index (χ1) is 8.37. The zero-order chi connectivity index (χ0) is 13.8. The molecule has 0 bridgehead atoms. The van der Waals surface area contributed by atoms with Gasteiger partial charge in [0, 0.05) is 12.1 Å². The first kappa shape index (κ1) is 14.7. The van der Waals surface area contributed by atoms with Crippen LogP contribution in [0.25, 0.3) is 0 Å². The second-order valence-corrected chi connectivity index (χ2v) is 4.55. The molecule has 1 aromatic rings. The molecule has 18 heavy (non-hydrogen) atoms. The Morgan fingerprint density at radius 3 is 2.22 bits per heavy atom. The number of nitrogens with one attached hydrogen (secondary N) is 1. The highest BCUT2D eigenvalue weighted by Gasteiger charge is 2.49. The molecular formula is C14H21NO3. The van der Waals surface area contributed by atoms with Crippen molar-refractivity contribution in [3.63, 3.8) is 0 Å². The Morgan fingerprint density at radius 2 is 1.78 bits per heavy atom. The predicted molar refractivity (Wildman–Crippen MR) is 71.2 cm³/mol. The number of carbonyl (C=O) groups is 1. The molecule has 0 heterocycles. The van der Waals surface area contributed by atoms with Gasteiger partial charge in [0.05, 0.1) is 0 Å². The fraction of sp³-hybridized carbons (Fsp3) is 0.500. The van der Waals surface area contributed by atoms with Crippen LogP contribution in [0.2, 0.25) is 0 Å². The summed E-state index contributed by atoms with van der Waals surface area (Å²) in [7, 11) is 0. The molecule has 0 saturated carbocycles. The zero-order valence-corrected chi connectivity index (χ0v) is 11.1. The Labute approximate surface area is 108 Å². The van der Waals surface area contributed by atoms with Crippen molar-refractivity contribution >= 4 is 11.5 Å². The molecule has 0 spiro atoms. The van der Waals surface area contributed by atoms with E-state index in [1.807, 2.05) is 18.2 Å². The third kappa shape index (κ3) is 2.71. The summed E-state index contributed by atoms with van der Waals surface area (Å²) in [5.41, 5.74) is -2.85. The summed E-state index contributed by atoms with van der Waals surface area (Å²) in [4.78, 5) is 11.9. The lowest BCUT2D eigenvalue weighted by Crippen LogP contribution is -2.61. The first-order valence-electron chi connectivity index (χ1n) is 6.18. The third-order valence-corrected chi connectivity index (χ3v) is 3.26. The van der Waals surface area contributed by atoms with E-state index in [9.17, 15) is 15.0 Å². The standard InChI is InChI=1S/C14H21NO3/c1-4-12(16)14(18,5-2)13(3,17)15-11-9-7-6-8-10-11/h6-10,15,17-18H,4-5H2,1-3H3/t13-,14+/m1/s1. The fourth-order valence-corrected chi connectivity index (χ4v) is 2.01. The predicted octanol–water partition coefficient (Wildman–Crippen LogP) is 1.93. The molecule has 1 rings (SSSR count). The minimum absolute atomic E-state index is 0.145. The number of hydrogen-bond donors (Lipinski definition) is 3. The van der Waals surface area contributed by atoms with Crippen molar-refractivity contribution in [3.8, 4) is 0 Å².